The van der Waals surface area contributed by atoms with Gasteiger partial charge in [0.2, 0.25) is 0 Å². The summed E-state index contributed by atoms with van der Waals surface area (Å²) in [5, 5.41) is 10.6. The smallest absolute Gasteiger partial charge is 0.331 e. The highest BCUT2D eigenvalue weighted by Gasteiger charge is 2.36. The van der Waals surface area contributed by atoms with Crippen LogP contribution >= 0.6 is 11.8 Å². The van der Waals surface area contributed by atoms with E-state index in [4.69, 9.17) is 14.2 Å². The lowest BCUT2D eigenvalue weighted by Gasteiger charge is -2.12. The Morgan fingerprint density at radius 3 is 2.76 bits per heavy atom. The van der Waals surface area contributed by atoms with Crippen LogP contribution in [0.2, 0.25) is 0 Å². The summed E-state index contributed by atoms with van der Waals surface area (Å²) in [4.78, 5) is 52.2. The lowest BCUT2D eigenvalue weighted by Crippen LogP contribution is -2.34. The number of nitrogens with zero attached hydrogens (tertiary/aromatic N) is 3. The molecule has 12 heteroatoms. The first-order chi connectivity index (χ1) is 16.3. The highest BCUT2D eigenvalue weighted by molar-refractivity contribution is 8.18. The fourth-order valence-electron chi connectivity index (χ4n) is 2.86. The Kier molecular flexibility index (Phi) is 8.19. The minimum atomic E-state index is -0.649. The van der Waals surface area contributed by atoms with Crippen molar-refractivity contribution < 1.29 is 33.5 Å². The predicted molar refractivity (Wildman–Crippen MR) is 123 cm³/mol. The van der Waals surface area contributed by atoms with E-state index in [0.717, 1.165) is 11.3 Å². The molecule has 0 aliphatic carbocycles. The number of imide groups is 1. The predicted octanol–water partition coefficient (Wildman–Crippen LogP) is 4.17. The van der Waals surface area contributed by atoms with Crippen LogP contribution in [-0.2, 0) is 14.3 Å². The number of unbranched alkanes of at least 4 members (excludes halogenated alkanes) is 1. The van der Waals surface area contributed by atoms with Gasteiger partial charge in [-0.1, -0.05) is 19.4 Å². The summed E-state index contributed by atoms with van der Waals surface area (Å²) >= 11 is 0.706. The number of aromatic nitrogens is 1. The molecule has 1 aromatic heterocycles. The first kappa shape index (κ1) is 24.7. The van der Waals surface area contributed by atoms with E-state index < -0.39 is 28.6 Å². The lowest BCUT2D eigenvalue weighted by molar-refractivity contribution is -0.386. The van der Waals surface area contributed by atoms with E-state index in [1.807, 2.05) is 6.92 Å². The van der Waals surface area contributed by atoms with Gasteiger partial charge in [-0.25, -0.2) is 4.98 Å². The molecule has 0 saturated carbocycles. The molecular formula is C22H21N3O8S. The molecule has 0 atom stereocenters. The highest BCUT2D eigenvalue weighted by Crippen LogP contribution is 2.37. The number of methoxy groups -OCH3 is 1. The molecule has 11 nitrogen and oxygen atoms in total. The third-order valence-corrected chi connectivity index (χ3v) is 5.47. The van der Waals surface area contributed by atoms with Crippen LogP contribution in [0.5, 0.6) is 17.4 Å². The maximum absolute atomic E-state index is 12.6. The summed E-state index contributed by atoms with van der Waals surface area (Å²) in [6.45, 7) is 1.73. The zero-order valence-electron chi connectivity index (χ0n) is 18.4. The number of pyridine rings is 1. The SMILES string of the molecule is CCCCOC(=O)CN1C(=O)S/C(=C\c2ccc(Oc3ncccc3[N+](=O)[O-])c(OC)c2)C1=O. The van der Waals surface area contributed by atoms with Crippen molar-refractivity contribution in [2.24, 2.45) is 0 Å². The number of carbonyl (C=O) groups is 3. The number of benzene rings is 1. The molecule has 0 radical (unpaired) electrons. The summed E-state index contributed by atoms with van der Waals surface area (Å²) < 4.78 is 15.9. The van der Waals surface area contributed by atoms with Gasteiger partial charge in [0, 0.05) is 12.3 Å². The number of ether oxygens (including phenoxy) is 3. The third-order valence-electron chi connectivity index (χ3n) is 4.56. The van der Waals surface area contributed by atoms with E-state index >= 15 is 0 Å². The molecule has 178 valence electrons. The molecule has 1 aliphatic heterocycles. The Morgan fingerprint density at radius 2 is 2.06 bits per heavy atom. The van der Waals surface area contributed by atoms with Gasteiger partial charge >= 0.3 is 11.7 Å². The van der Waals surface area contributed by atoms with Gasteiger partial charge in [-0.2, -0.15) is 0 Å². The summed E-state index contributed by atoms with van der Waals surface area (Å²) in [5.41, 5.74) is 0.200. The normalized spacial score (nSPS) is 14.4. The number of esters is 1. The summed E-state index contributed by atoms with van der Waals surface area (Å²) in [7, 11) is 1.39. The van der Waals surface area contributed by atoms with Crippen LogP contribution in [0, 0.1) is 10.1 Å². The zero-order valence-corrected chi connectivity index (χ0v) is 19.2. The minimum absolute atomic E-state index is 0.127. The summed E-state index contributed by atoms with van der Waals surface area (Å²) in [6, 6.07) is 7.30. The van der Waals surface area contributed by atoms with Crippen molar-refractivity contribution >= 4 is 40.6 Å². The molecule has 0 unspecified atom stereocenters. The van der Waals surface area contributed by atoms with Crippen LogP contribution in [0.4, 0.5) is 10.5 Å². The molecule has 2 aromatic rings. The molecule has 1 saturated heterocycles. The topological polar surface area (TPSA) is 138 Å². The Hall–Kier alpha value is -3.93. The number of nitro groups is 1. The number of hydrogen-bond donors (Lipinski definition) is 0. The van der Waals surface area contributed by atoms with Gasteiger partial charge in [0.25, 0.3) is 17.0 Å². The zero-order chi connectivity index (χ0) is 24.7. The van der Waals surface area contributed by atoms with Gasteiger partial charge in [0.05, 0.1) is 23.5 Å². The van der Waals surface area contributed by atoms with Gasteiger partial charge in [-0.05, 0) is 48.0 Å². The Balaban J connectivity index is 1.76. The van der Waals surface area contributed by atoms with Gasteiger partial charge in [0.1, 0.15) is 6.54 Å². The van der Waals surface area contributed by atoms with Crippen molar-refractivity contribution in [3.05, 3.63) is 57.1 Å². The van der Waals surface area contributed by atoms with Crippen molar-refractivity contribution in [2.75, 3.05) is 20.3 Å². The Labute approximate surface area is 198 Å². The second kappa shape index (κ2) is 11.3. The van der Waals surface area contributed by atoms with E-state index in [2.05, 4.69) is 4.98 Å². The van der Waals surface area contributed by atoms with E-state index in [-0.39, 0.29) is 34.6 Å². The summed E-state index contributed by atoms with van der Waals surface area (Å²) in [6.07, 6.45) is 4.38. The minimum Gasteiger partial charge on any atom is -0.493 e. The molecule has 0 bridgehead atoms. The fraction of sp³-hybridized carbons (Fsp3) is 0.273. The maximum Gasteiger partial charge on any atom is 0.331 e. The lowest BCUT2D eigenvalue weighted by atomic mass is 10.2. The molecule has 3 rings (SSSR count). The molecule has 34 heavy (non-hydrogen) atoms. The van der Waals surface area contributed by atoms with Crippen molar-refractivity contribution in [1.29, 1.82) is 0 Å². The Morgan fingerprint density at radius 1 is 1.26 bits per heavy atom. The van der Waals surface area contributed by atoms with Crippen molar-refractivity contribution in [3.63, 3.8) is 0 Å². The van der Waals surface area contributed by atoms with E-state index in [1.165, 1.54) is 43.6 Å². The molecule has 2 heterocycles. The standard InChI is InChI=1S/C22H21N3O8S/c1-3-4-10-32-19(26)13-24-21(27)18(34-22(24)28)12-14-7-8-16(17(11-14)31-2)33-20-15(25(29)30)6-5-9-23-20/h5-9,11-12H,3-4,10,13H2,1-2H3/b18-12-. The van der Waals surface area contributed by atoms with Crippen LogP contribution in [0.15, 0.2) is 41.4 Å². The van der Waals surface area contributed by atoms with Gasteiger partial charge in [0.15, 0.2) is 11.5 Å². The first-order valence-corrected chi connectivity index (χ1v) is 11.0. The second-order valence-electron chi connectivity index (χ2n) is 6.94. The van der Waals surface area contributed by atoms with Crippen LogP contribution in [0.3, 0.4) is 0 Å². The number of carbonyl (C=O) groups excluding carboxylic acids is 3. The highest BCUT2D eigenvalue weighted by atomic mass is 32.2. The summed E-state index contributed by atoms with van der Waals surface area (Å²) in [5.74, 6) is -1.06. The van der Waals surface area contributed by atoms with Gasteiger partial charge in [-0.3, -0.25) is 29.4 Å². The average molecular weight is 487 g/mol. The van der Waals surface area contributed by atoms with Crippen LogP contribution in [0.1, 0.15) is 25.3 Å². The van der Waals surface area contributed by atoms with E-state index in [9.17, 15) is 24.5 Å². The van der Waals surface area contributed by atoms with Crippen molar-refractivity contribution in [1.82, 2.24) is 9.88 Å². The quantitative estimate of drug-likeness (QED) is 0.158. The van der Waals surface area contributed by atoms with Crippen LogP contribution in [0.25, 0.3) is 6.08 Å². The van der Waals surface area contributed by atoms with Crippen molar-refractivity contribution in [3.8, 4) is 17.4 Å². The number of rotatable bonds is 10. The largest absolute Gasteiger partial charge is 0.493 e. The third kappa shape index (κ3) is 5.90. The molecule has 1 aromatic carbocycles. The molecule has 0 spiro atoms. The molecule has 0 N–H and O–H groups in total. The molecular weight excluding hydrogens is 466 g/mol. The number of thioether (sulfide) groups is 1. The average Bonchev–Trinajstić information content (AvgIpc) is 3.07. The van der Waals surface area contributed by atoms with Crippen LogP contribution in [-0.4, -0.2) is 52.2 Å². The second-order valence-corrected chi connectivity index (χ2v) is 7.93. The van der Waals surface area contributed by atoms with E-state index in [1.54, 1.807) is 6.07 Å². The molecule has 1 fully saturated rings. The van der Waals surface area contributed by atoms with Gasteiger partial charge in [-0.15, -0.1) is 0 Å². The van der Waals surface area contributed by atoms with Crippen LogP contribution < -0.4 is 9.47 Å². The number of hydrogen-bond acceptors (Lipinski definition) is 10. The van der Waals surface area contributed by atoms with Crippen molar-refractivity contribution in [2.45, 2.75) is 19.8 Å². The molecule has 2 amide bonds. The maximum atomic E-state index is 12.6. The fourth-order valence-corrected chi connectivity index (χ4v) is 3.69. The number of amides is 2. The molecule has 1 aliphatic rings. The van der Waals surface area contributed by atoms with E-state index in [0.29, 0.717) is 23.7 Å². The first-order valence-electron chi connectivity index (χ1n) is 10.2. The monoisotopic (exact) mass is 487 g/mol. The Bertz CT molecular complexity index is 1150. The van der Waals surface area contributed by atoms with Gasteiger partial charge < -0.3 is 14.2 Å².